The first kappa shape index (κ1) is 16.6. The molecular weight excluding hydrogens is 274 g/mol. The van der Waals surface area contributed by atoms with Crippen LogP contribution in [0, 0.1) is 13.8 Å². The summed E-state index contributed by atoms with van der Waals surface area (Å²) in [7, 11) is 0. The van der Waals surface area contributed by atoms with E-state index < -0.39 is 6.10 Å². The van der Waals surface area contributed by atoms with Gasteiger partial charge in [0, 0.05) is 6.54 Å². The smallest absolute Gasteiger partial charge is 0.260 e. The summed E-state index contributed by atoms with van der Waals surface area (Å²) in [6, 6.07) is 5.92. The maximum Gasteiger partial charge on any atom is 0.260 e. The van der Waals surface area contributed by atoms with E-state index in [1.54, 1.807) is 6.92 Å². The molecule has 1 aromatic carbocycles. The number of hydrogen-bond acceptors (Lipinski definition) is 2. The molecule has 0 radical (unpaired) electrons. The number of hydrogen-bond donors (Lipinski definition) is 1. The van der Waals surface area contributed by atoms with E-state index in [-0.39, 0.29) is 5.91 Å². The van der Waals surface area contributed by atoms with Gasteiger partial charge in [-0.25, -0.2) is 0 Å². The van der Waals surface area contributed by atoms with E-state index in [0.29, 0.717) is 6.54 Å². The third kappa shape index (κ3) is 4.62. The Hall–Kier alpha value is -1.77. The standard InChI is InChI=1S/C19H27NO2/c1-14-8-7-11-18(15(14)2)22-16(3)19(21)20-13-12-17-9-5-4-6-10-17/h7-9,11,16H,4-6,10,12-13H2,1-3H3,(H,20,21)/t16-/m1/s1. The van der Waals surface area contributed by atoms with Crippen molar-refractivity contribution in [2.24, 2.45) is 0 Å². The molecule has 22 heavy (non-hydrogen) atoms. The van der Waals surface area contributed by atoms with Crippen molar-refractivity contribution < 1.29 is 9.53 Å². The summed E-state index contributed by atoms with van der Waals surface area (Å²) >= 11 is 0. The minimum atomic E-state index is -0.471. The molecule has 0 saturated carbocycles. The monoisotopic (exact) mass is 301 g/mol. The largest absolute Gasteiger partial charge is 0.481 e. The van der Waals surface area contributed by atoms with Crippen molar-refractivity contribution in [1.82, 2.24) is 5.32 Å². The lowest BCUT2D eigenvalue weighted by Crippen LogP contribution is -2.37. The fraction of sp³-hybridized carbons (Fsp3) is 0.526. The molecule has 1 atom stereocenters. The predicted molar refractivity (Wildman–Crippen MR) is 90.2 cm³/mol. The van der Waals surface area contributed by atoms with Crippen molar-refractivity contribution in [2.75, 3.05) is 6.54 Å². The van der Waals surface area contributed by atoms with Crippen molar-refractivity contribution in [2.45, 2.75) is 59.0 Å². The van der Waals surface area contributed by atoms with Crippen LogP contribution in [-0.2, 0) is 4.79 Å². The molecule has 3 heteroatoms. The van der Waals surface area contributed by atoms with Gasteiger partial charge >= 0.3 is 0 Å². The van der Waals surface area contributed by atoms with Crippen molar-refractivity contribution >= 4 is 5.91 Å². The summed E-state index contributed by atoms with van der Waals surface area (Å²) in [5, 5.41) is 2.98. The van der Waals surface area contributed by atoms with E-state index in [2.05, 4.69) is 11.4 Å². The molecule has 0 heterocycles. The van der Waals surface area contributed by atoms with Crippen LogP contribution in [0.4, 0.5) is 0 Å². The maximum atomic E-state index is 12.1. The zero-order chi connectivity index (χ0) is 15.9. The molecule has 0 spiro atoms. The normalized spacial score (nSPS) is 15.9. The van der Waals surface area contributed by atoms with E-state index in [9.17, 15) is 4.79 Å². The Morgan fingerprint density at radius 3 is 2.86 bits per heavy atom. The number of rotatable bonds is 6. The summed E-state index contributed by atoms with van der Waals surface area (Å²) in [4.78, 5) is 12.1. The van der Waals surface area contributed by atoms with Gasteiger partial charge in [0.1, 0.15) is 5.75 Å². The van der Waals surface area contributed by atoms with Gasteiger partial charge in [0.15, 0.2) is 6.10 Å². The second-order valence-electron chi connectivity index (χ2n) is 6.11. The quantitative estimate of drug-likeness (QED) is 0.804. The fourth-order valence-electron chi connectivity index (χ4n) is 2.72. The van der Waals surface area contributed by atoms with Gasteiger partial charge in [-0.3, -0.25) is 4.79 Å². The first-order valence-electron chi connectivity index (χ1n) is 8.26. The molecule has 1 N–H and O–H groups in total. The minimum Gasteiger partial charge on any atom is -0.481 e. The number of amides is 1. The van der Waals surface area contributed by atoms with Crippen LogP contribution in [0.5, 0.6) is 5.75 Å². The number of nitrogens with one attached hydrogen (secondary N) is 1. The van der Waals surface area contributed by atoms with Gasteiger partial charge < -0.3 is 10.1 Å². The van der Waals surface area contributed by atoms with Gasteiger partial charge in [-0.2, -0.15) is 0 Å². The van der Waals surface area contributed by atoms with Crippen molar-refractivity contribution in [3.05, 3.63) is 41.0 Å². The molecule has 1 aliphatic carbocycles. The molecule has 120 valence electrons. The Morgan fingerprint density at radius 2 is 2.14 bits per heavy atom. The van der Waals surface area contributed by atoms with Crippen molar-refractivity contribution in [3.8, 4) is 5.75 Å². The zero-order valence-electron chi connectivity index (χ0n) is 13.9. The summed E-state index contributed by atoms with van der Waals surface area (Å²) in [5.41, 5.74) is 3.75. The van der Waals surface area contributed by atoms with Crippen LogP contribution < -0.4 is 10.1 Å². The van der Waals surface area contributed by atoms with E-state index >= 15 is 0 Å². The topological polar surface area (TPSA) is 38.3 Å². The van der Waals surface area contributed by atoms with Crippen LogP contribution in [0.1, 0.15) is 50.2 Å². The lowest BCUT2D eigenvalue weighted by atomic mass is 9.97. The van der Waals surface area contributed by atoms with Gasteiger partial charge in [0.25, 0.3) is 5.91 Å². The Balaban J connectivity index is 1.79. The molecule has 1 aromatic rings. The summed E-state index contributed by atoms with van der Waals surface area (Å²) in [6.45, 7) is 6.57. The molecule has 0 saturated heterocycles. The lowest BCUT2D eigenvalue weighted by Gasteiger charge is -2.18. The second kappa shape index (κ2) is 8.02. The van der Waals surface area contributed by atoms with Gasteiger partial charge in [0.05, 0.1) is 0 Å². The van der Waals surface area contributed by atoms with Gasteiger partial charge in [-0.05, 0) is 70.1 Å². The van der Waals surface area contributed by atoms with Crippen LogP contribution in [-0.4, -0.2) is 18.6 Å². The molecule has 0 bridgehead atoms. The molecular formula is C19H27NO2. The zero-order valence-corrected chi connectivity index (χ0v) is 13.9. The fourth-order valence-corrected chi connectivity index (χ4v) is 2.72. The Labute approximate surface area is 133 Å². The van der Waals surface area contributed by atoms with E-state index in [4.69, 9.17) is 4.74 Å². The molecule has 2 rings (SSSR count). The number of aryl methyl sites for hydroxylation is 1. The van der Waals surface area contributed by atoms with Crippen LogP contribution in [0.2, 0.25) is 0 Å². The van der Waals surface area contributed by atoms with E-state index in [0.717, 1.165) is 17.7 Å². The molecule has 1 aliphatic rings. The van der Waals surface area contributed by atoms with E-state index in [1.807, 2.05) is 32.0 Å². The SMILES string of the molecule is Cc1cccc(O[C@H](C)C(=O)NCCC2=CCCCC2)c1C. The molecule has 0 aromatic heterocycles. The third-order valence-corrected chi connectivity index (χ3v) is 4.36. The molecule has 1 amide bonds. The number of carbonyl (C=O) groups excluding carboxylic acids is 1. The highest BCUT2D eigenvalue weighted by molar-refractivity contribution is 5.80. The highest BCUT2D eigenvalue weighted by atomic mass is 16.5. The van der Waals surface area contributed by atoms with Crippen LogP contribution in [0.25, 0.3) is 0 Å². The van der Waals surface area contributed by atoms with Crippen LogP contribution in [0.3, 0.4) is 0 Å². The van der Waals surface area contributed by atoms with Crippen molar-refractivity contribution in [3.63, 3.8) is 0 Å². The first-order chi connectivity index (χ1) is 10.6. The lowest BCUT2D eigenvalue weighted by molar-refractivity contribution is -0.127. The first-order valence-corrected chi connectivity index (χ1v) is 8.26. The maximum absolute atomic E-state index is 12.1. The summed E-state index contributed by atoms with van der Waals surface area (Å²) in [5.74, 6) is 0.745. The Kier molecular flexibility index (Phi) is 6.05. The molecule has 0 aliphatic heterocycles. The van der Waals surface area contributed by atoms with Gasteiger partial charge in [-0.15, -0.1) is 0 Å². The summed E-state index contributed by atoms with van der Waals surface area (Å²) in [6.07, 6.45) is 7.77. The summed E-state index contributed by atoms with van der Waals surface area (Å²) < 4.78 is 5.80. The molecule has 0 unspecified atom stereocenters. The van der Waals surface area contributed by atoms with Crippen LogP contribution >= 0.6 is 0 Å². The third-order valence-electron chi connectivity index (χ3n) is 4.36. The highest BCUT2D eigenvalue weighted by Gasteiger charge is 2.15. The number of allylic oxidation sites excluding steroid dienone is 1. The van der Waals surface area contributed by atoms with Gasteiger partial charge in [0.2, 0.25) is 0 Å². The second-order valence-corrected chi connectivity index (χ2v) is 6.11. The van der Waals surface area contributed by atoms with Crippen molar-refractivity contribution in [1.29, 1.82) is 0 Å². The molecule has 0 fully saturated rings. The van der Waals surface area contributed by atoms with Crippen LogP contribution in [0.15, 0.2) is 29.8 Å². The Morgan fingerprint density at radius 1 is 1.32 bits per heavy atom. The highest BCUT2D eigenvalue weighted by Crippen LogP contribution is 2.22. The number of benzene rings is 1. The van der Waals surface area contributed by atoms with Gasteiger partial charge in [-0.1, -0.05) is 23.8 Å². The average Bonchev–Trinajstić information content (AvgIpc) is 2.52. The predicted octanol–water partition coefficient (Wildman–Crippen LogP) is 4.08. The number of carbonyl (C=O) groups is 1. The average molecular weight is 301 g/mol. The Bertz CT molecular complexity index is 548. The number of ether oxygens (including phenoxy) is 1. The molecule has 3 nitrogen and oxygen atoms in total. The minimum absolute atomic E-state index is 0.0442. The van der Waals surface area contributed by atoms with E-state index in [1.165, 1.54) is 36.8 Å².